The molecule has 0 aromatic carbocycles. The number of hydrogen-bond donors (Lipinski definition) is 3. The molecule has 1 aromatic rings. The molecule has 7 nitrogen and oxygen atoms in total. The second-order valence-corrected chi connectivity index (χ2v) is 3.78. The van der Waals surface area contributed by atoms with E-state index in [1.165, 1.54) is 7.11 Å². The first-order valence-corrected chi connectivity index (χ1v) is 5.32. The highest BCUT2D eigenvalue weighted by Gasteiger charge is 2.18. The van der Waals surface area contributed by atoms with Crippen molar-refractivity contribution in [3.05, 3.63) is 11.0 Å². The molecule has 0 spiro atoms. The van der Waals surface area contributed by atoms with Crippen LogP contribution in [-0.4, -0.2) is 40.9 Å². The van der Waals surface area contributed by atoms with Crippen molar-refractivity contribution in [2.75, 3.05) is 19.0 Å². The zero-order chi connectivity index (χ0) is 12.4. The van der Waals surface area contributed by atoms with Gasteiger partial charge in [-0.3, -0.25) is 0 Å². The van der Waals surface area contributed by atoms with Gasteiger partial charge in [0.2, 0.25) is 5.88 Å². The van der Waals surface area contributed by atoms with E-state index in [1.54, 1.807) is 6.92 Å². The SMILES string of the molecule is COc1nc(C)nc(Cl)c1NC1=NCC(O)N1. The number of aryl methyl sites for hydroxylation is 1. The Bertz CT molecular complexity index is 465. The fraction of sp³-hybridized carbons (Fsp3) is 0.444. The van der Waals surface area contributed by atoms with Crippen molar-refractivity contribution in [3.63, 3.8) is 0 Å². The number of halogens is 1. The molecule has 17 heavy (non-hydrogen) atoms. The lowest BCUT2D eigenvalue weighted by Crippen LogP contribution is -2.34. The summed E-state index contributed by atoms with van der Waals surface area (Å²) < 4.78 is 5.10. The Morgan fingerprint density at radius 2 is 2.29 bits per heavy atom. The highest BCUT2D eigenvalue weighted by atomic mass is 35.5. The Balaban J connectivity index is 2.26. The molecule has 0 bridgehead atoms. The van der Waals surface area contributed by atoms with E-state index in [9.17, 15) is 5.11 Å². The van der Waals surface area contributed by atoms with E-state index < -0.39 is 6.23 Å². The summed E-state index contributed by atoms with van der Waals surface area (Å²) in [6, 6.07) is 0. The lowest BCUT2D eigenvalue weighted by molar-refractivity contribution is 0.179. The molecule has 0 amide bonds. The predicted molar refractivity (Wildman–Crippen MR) is 63.4 cm³/mol. The predicted octanol–water partition coefficient (Wildman–Crippen LogP) is 0.137. The molecule has 0 aliphatic carbocycles. The minimum Gasteiger partial charge on any atom is -0.479 e. The molecule has 1 unspecified atom stereocenters. The largest absolute Gasteiger partial charge is 0.479 e. The van der Waals surface area contributed by atoms with Crippen molar-refractivity contribution in [2.24, 2.45) is 4.99 Å². The molecule has 0 saturated carbocycles. The molecule has 92 valence electrons. The van der Waals surface area contributed by atoms with Crippen LogP contribution in [0.3, 0.4) is 0 Å². The van der Waals surface area contributed by atoms with E-state index in [2.05, 4.69) is 25.6 Å². The van der Waals surface area contributed by atoms with Crippen LogP contribution >= 0.6 is 11.6 Å². The van der Waals surface area contributed by atoms with Gasteiger partial charge in [-0.05, 0) is 6.92 Å². The first-order chi connectivity index (χ1) is 8.10. The third kappa shape index (κ3) is 2.56. The summed E-state index contributed by atoms with van der Waals surface area (Å²) in [5, 5.41) is 15.1. The summed E-state index contributed by atoms with van der Waals surface area (Å²) in [5.41, 5.74) is 0.417. The van der Waals surface area contributed by atoms with E-state index in [0.717, 1.165) is 0 Å². The molecule has 1 atom stereocenters. The van der Waals surface area contributed by atoms with E-state index in [4.69, 9.17) is 16.3 Å². The first-order valence-electron chi connectivity index (χ1n) is 4.94. The highest BCUT2D eigenvalue weighted by molar-refractivity contribution is 6.32. The number of aliphatic hydroxyl groups is 1. The number of aliphatic hydroxyl groups excluding tert-OH is 1. The number of hydrogen-bond acceptors (Lipinski definition) is 7. The minimum absolute atomic E-state index is 0.236. The number of methoxy groups -OCH3 is 1. The topological polar surface area (TPSA) is 91.7 Å². The molecule has 2 heterocycles. The number of nitrogens with one attached hydrogen (secondary N) is 2. The van der Waals surface area contributed by atoms with Gasteiger partial charge >= 0.3 is 0 Å². The van der Waals surface area contributed by atoms with Crippen molar-refractivity contribution in [2.45, 2.75) is 13.2 Å². The number of rotatable bonds is 2. The number of aliphatic imine (C=N–C) groups is 1. The van der Waals surface area contributed by atoms with Gasteiger partial charge in [0.25, 0.3) is 0 Å². The fourth-order valence-corrected chi connectivity index (χ4v) is 1.64. The Labute approximate surface area is 103 Å². The van der Waals surface area contributed by atoms with Crippen molar-refractivity contribution in [1.29, 1.82) is 0 Å². The Morgan fingerprint density at radius 3 is 2.88 bits per heavy atom. The van der Waals surface area contributed by atoms with Crippen LogP contribution in [0.5, 0.6) is 5.88 Å². The quantitative estimate of drug-likeness (QED) is 0.653. The minimum atomic E-state index is -0.686. The monoisotopic (exact) mass is 257 g/mol. The number of ether oxygens (including phenoxy) is 1. The molecular weight excluding hydrogens is 246 g/mol. The van der Waals surface area contributed by atoms with Crippen molar-refractivity contribution >= 4 is 23.2 Å². The van der Waals surface area contributed by atoms with Crippen LogP contribution in [0.2, 0.25) is 5.15 Å². The Kier molecular flexibility index (Phi) is 3.30. The van der Waals surface area contributed by atoms with Gasteiger partial charge in [-0.15, -0.1) is 0 Å². The lowest BCUT2D eigenvalue weighted by Gasteiger charge is -2.12. The van der Waals surface area contributed by atoms with Crippen LogP contribution in [0.1, 0.15) is 5.82 Å². The zero-order valence-electron chi connectivity index (χ0n) is 9.36. The first kappa shape index (κ1) is 11.9. The molecular formula is C9H12ClN5O2. The number of guanidine groups is 1. The maximum atomic E-state index is 9.26. The third-order valence-corrected chi connectivity index (χ3v) is 2.38. The molecule has 0 radical (unpaired) electrons. The number of anilines is 1. The molecule has 1 aliphatic rings. The molecule has 0 saturated heterocycles. The summed E-state index contributed by atoms with van der Waals surface area (Å²) in [6.45, 7) is 2.00. The van der Waals surface area contributed by atoms with Crippen molar-refractivity contribution in [1.82, 2.24) is 15.3 Å². The van der Waals surface area contributed by atoms with Crippen LogP contribution in [0.15, 0.2) is 4.99 Å². The molecule has 1 aliphatic heterocycles. The molecule has 0 fully saturated rings. The summed E-state index contributed by atoms with van der Waals surface area (Å²) >= 11 is 5.99. The van der Waals surface area contributed by atoms with E-state index in [1.807, 2.05) is 0 Å². The summed E-state index contributed by atoms with van der Waals surface area (Å²) in [5.74, 6) is 1.25. The third-order valence-electron chi connectivity index (χ3n) is 2.11. The van der Waals surface area contributed by atoms with Gasteiger partial charge < -0.3 is 20.5 Å². The standard InChI is InChI=1S/C9H12ClN5O2/c1-4-12-7(10)6(8(13-4)17-2)15-9-11-3-5(16)14-9/h5,16H,3H2,1-2H3,(H2,11,14,15). The van der Waals surface area contributed by atoms with E-state index in [0.29, 0.717) is 23.4 Å². The van der Waals surface area contributed by atoms with Crippen LogP contribution in [0.4, 0.5) is 5.69 Å². The molecule has 2 rings (SSSR count). The number of aromatic nitrogens is 2. The fourth-order valence-electron chi connectivity index (χ4n) is 1.39. The van der Waals surface area contributed by atoms with Crippen LogP contribution in [0, 0.1) is 6.92 Å². The molecule has 3 N–H and O–H groups in total. The van der Waals surface area contributed by atoms with Crippen LogP contribution in [-0.2, 0) is 0 Å². The summed E-state index contributed by atoms with van der Waals surface area (Å²) in [6.07, 6.45) is -0.686. The average molecular weight is 258 g/mol. The summed E-state index contributed by atoms with van der Waals surface area (Å²) in [4.78, 5) is 12.1. The van der Waals surface area contributed by atoms with Gasteiger partial charge in [0.05, 0.1) is 13.7 Å². The number of nitrogens with zero attached hydrogens (tertiary/aromatic N) is 3. The van der Waals surface area contributed by atoms with Gasteiger partial charge in [-0.2, -0.15) is 4.98 Å². The van der Waals surface area contributed by atoms with Gasteiger partial charge in [-0.25, -0.2) is 9.98 Å². The normalized spacial score (nSPS) is 18.6. The maximum absolute atomic E-state index is 9.26. The second kappa shape index (κ2) is 4.72. The Morgan fingerprint density at radius 1 is 1.53 bits per heavy atom. The van der Waals surface area contributed by atoms with Gasteiger partial charge in [0.15, 0.2) is 11.1 Å². The van der Waals surface area contributed by atoms with Crippen molar-refractivity contribution in [3.8, 4) is 5.88 Å². The van der Waals surface area contributed by atoms with Gasteiger partial charge in [0.1, 0.15) is 17.7 Å². The van der Waals surface area contributed by atoms with Gasteiger partial charge in [-0.1, -0.05) is 11.6 Å². The maximum Gasteiger partial charge on any atom is 0.242 e. The van der Waals surface area contributed by atoms with E-state index in [-0.39, 0.29) is 11.7 Å². The average Bonchev–Trinajstić information content (AvgIpc) is 2.67. The zero-order valence-corrected chi connectivity index (χ0v) is 10.1. The van der Waals surface area contributed by atoms with Crippen molar-refractivity contribution < 1.29 is 9.84 Å². The highest BCUT2D eigenvalue weighted by Crippen LogP contribution is 2.28. The van der Waals surface area contributed by atoms with Crippen LogP contribution < -0.4 is 15.4 Å². The summed E-state index contributed by atoms with van der Waals surface area (Å²) in [7, 11) is 1.49. The molecule has 8 heteroatoms. The van der Waals surface area contributed by atoms with Gasteiger partial charge in [0, 0.05) is 0 Å². The van der Waals surface area contributed by atoms with E-state index >= 15 is 0 Å². The Hall–Kier alpha value is -1.60. The smallest absolute Gasteiger partial charge is 0.242 e. The lowest BCUT2D eigenvalue weighted by atomic mass is 10.4. The second-order valence-electron chi connectivity index (χ2n) is 3.42. The van der Waals surface area contributed by atoms with Crippen LogP contribution in [0.25, 0.3) is 0 Å². The molecule has 1 aromatic heterocycles.